The van der Waals surface area contributed by atoms with E-state index in [1.165, 1.54) is 12.1 Å². The minimum atomic E-state index is -2.24. The fraction of sp³-hybridized carbons (Fsp3) is 0.500. The van der Waals surface area contributed by atoms with Gasteiger partial charge in [0.25, 0.3) is 0 Å². The van der Waals surface area contributed by atoms with E-state index in [1.807, 2.05) is 0 Å². The van der Waals surface area contributed by atoms with Gasteiger partial charge in [-0.25, -0.2) is 9.59 Å². The highest BCUT2D eigenvalue weighted by molar-refractivity contribution is 7.16. The van der Waals surface area contributed by atoms with Crippen LogP contribution < -0.4 is 5.32 Å². The van der Waals surface area contributed by atoms with Crippen LogP contribution in [0.1, 0.15) is 25.6 Å². The second kappa shape index (κ2) is 5.99. The topological polar surface area (TPSA) is 95.9 Å². The first-order chi connectivity index (χ1) is 9.04. The Hall–Kier alpha value is -1.31. The Balaban J connectivity index is 2.79. The summed E-state index contributed by atoms with van der Waals surface area (Å²) < 4.78 is 5.32. The molecule has 20 heavy (non-hydrogen) atoms. The molecule has 1 aromatic heterocycles. The predicted molar refractivity (Wildman–Crippen MR) is 75.1 cm³/mol. The van der Waals surface area contributed by atoms with Gasteiger partial charge in [-0.2, -0.15) is 0 Å². The molecule has 112 valence electrons. The summed E-state index contributed by atoms with van der Waals surface area (Å²) in [5.41, 5.74) is -2.95. The Kier molecular flexibility index (Phi) is 5.01. The van der Waals surface area contributed by atoms with E-state index in [1.54, 1.807) is 20.8 Å². The first-order valence-corrected chi connectivity index (χ1v) is 6.92. The van der Waals surface area contributed by atoms with Crippen LogP contribution in [-0.4, -0.2) is 34.4 Å². The second-order valence-electron chi connectivity index (χ2n) is 5.12. The lowest BCUT2D eigenvalue weighted by Crippen LogP contribution is -2.47. The zero-order chi connectivity index (χ0) is 15.6. The summed E-state index contributed by atoms with van der Waals surface area (Å²) >= 11 is 6.65. The SMILES string of the molecule is CC(C)(C)OC(=O)NCC(O)(C(=O)O)c1ccc(Cl)s1. The number of alkyl carbamates (subject to hydrolysis) is 1. The summed E-state index contributed by atoms with van der Waals surface area (Å²) in [7, 11) is 0. The molecule has 1 aromatic rings. The van der Waals surface area contributed by atoms with Crippen LogP contribution in [0.3, 0.4) is 0 Å². The standard InChI is InChI=1S/C12H16ClNO5S/c1-11(2,3)19-10(17)14-6-12(18,9(15)16)7-4-5-8(13)20-7/h4-5,18H,6H2,1-3H3,(H,14,17)(H,15,16). The summed E-state index contributed by atoms with van der Waals surface area (Å²) in [4.78, 5) is 22.9. The summed E-state index contributed by atoms with van der Waals surface area (Å²) in [5.74, 6) is -1.48. The summed E-state index contributed by atoms with van der Waals surface area (Å²) in [6, 6.07) is 2.88. The molecule has 0 aliphatic heterocycles. The summed E-state index contributed by atoms with van der Waals surface area (Å²) in [6.45, 7) is 4.51. The van der Waals surface area contributed by atoms with Gasteiger partial charge in [0.05, 0.1) is 15.8 Å². The molecule has 0 aliphatic carbocycles. The number of carbonyl (C=O) groups is 2. The van der Waals surface area contributed by atoms with Crippen LogP contribution >= 0.6 is 22.9 Å². The first kappa shape index (κ1) is 16.7. The second-order valence-corrected chi connectivity index (χ2v) is 6.84. The lowest BCUT2D eigenvalue weighted by molar-refractivity contribution is -0.158. The number of aliphatic carboxylic acids is 1. The number of carboxylic acids is 1. The minimum Gasteiger partial charge on any atom is -0.479 e. The van der Waals surface area contributed by atoms with Crippen molar-refractivity contribution in [1.29, 1.82) is 0 Å². The van der Waals surface area contributed by atoms with Crippen LogP contribution in [0.4, 0.5) is 4.79 Å². The average molecular weight is 322 g/mol. The zero-order valence-corrected chi connectivity index (χ0v) is 12.8. The molecule has 0 spiro atoms. The number of halogens is 1. The molecule has 0 aliphatic rings. The summed E-state index contributed by atoms with van der Waals surface area (Å²) in [6.07, 6.45) is -0.806. The minimum absolute atomic E-state index is 0.131. The molecule has 1 unspecified atom stereocenters. The molecule has 6 nitrogen and oxygen atoms in total. The van der Waals surface area contributed by atoms with E-state index in [9.17, 15) is 14.7 Å². The van der Waals surface area contributed by atoms with Gasteiger partial charge in [-0.1, -0.05) is 11.6 Å². The molecule has 0 radical (unpaired) electrons. The number of carboxylic acid groups (broad SMARTS) is 1. The lowest BCUT2D eigenvalue weighted by atomic mass is 10.0. The zero-order valence-electron chi connectivity index (χ0n) is 11.3. The number of aliphatic hydroxyl groups is 1. The van der Waals surface area contributed by atoms with E-state index in [4.69, 9.17) is 21.4 Å². The molecule has 0 bridgehead atoms. The molecule has 3 N–H and O–H groups in total. The Bertz CT molecular complexity index is 510. The monoisotopic (exact) mass is 321 g/mol. The van der Waals surface area contributed by atoms with Crippen molar-refractivity contribution in [3.63, 3.8) is 0 Å². The third kappa shape index (κ3) is 4.36. The van der Waals surface area contributed by atoms with Gasteiger partial charge in [0, 0.05) is 0 Å². The number of nitrogens with one attached hydrogen (secondary N) is 1. The summed E-state index contributed by atoms with van der Waals surface area (Å²) in [5, 5.41) is 21.6. The molecule has 0 saturated heterocycles. The Morgan fingerprint density at radius 3 is 2.40 bits per heavy atom. The van der Waals surface area contributed by atoms with Crippen molar-refractivity contribution in [1.82, 2.24) is 5.32 Å². The van der Waals surface area contributed by atoms with Crippen LogP contribution in [0.2, 0.25) is 4.34 Å². The van der Waals surface area contributed by atoms with Crippen molar-refractivity contribution in [3.05, 3.63) is 21.3 Å². The molecule has 1 heterocycles. The van der Waals surface area contributed by atoms with Crippen molar-refractivity contribution >= 4 is 35.0 Å². The smallest absolute Gasteiger partial charge is 0.407 e. The van der Waals surface area contributed by atoms with Gasteiger partial charge in [-0.05, 0) is 32.9 Å². The Morgan fingerprint density at radius 1 is 1.40 bits per heavy atom. The van der Waals surface area contributed by atoms with Gasteiger partial charge in [0.1, 0.15) is 5.60 Å². The average Bonchev–Trinajstić information content (AvgIpc) is 2.70. The van der Waals surface area contributed by atoms with Gasteiger partial charge < -0.3 is 20.3 Å². The quantitative estimate of drug-likeness (QED) is 0.790. The number of hydrogen-bond acceptors (Lipinski definition) is 5. The highest BCUT2D eigenvalue weighted by atomic mass is 35.5. The molecular formula is C12H16ClNO5S. The number of rotatable bonds is 4. The van der Waals surface area contributed by atoms with Crippen LogP contribution in [-0.2, 0) is 15.1 Å². The maximum absolute atomic E-state index is 11.5. The Morgan fingerprint density at radius 2 is 2.00 bits per heavy atom. The fourth-order valence-corrected chi connectivity index (χ4v) is 2.44. The lowest BCUT2D eigenvalue weighted by Gasteiger charge is -2.24. The maximum Gasteiger partial charge on any atom is 0.407 e. The largest absolute Gasteiger partial charge is 0.479 e. The van der Waals surface area contributed by atoms with Crippen molar-refractivity contribution in [2.24, 2.45) is 0 Å². The number of ether oxygens (including phenoxy) is 1. The fourth-order valence-electron chi connectivity index (χ4n) is 1.32. The van der Waals surface area contributed by atoms with Crippen molar-refractivity contribution in [2.75, 3.05) is 6.54 Å². The molecule has 0 saturated carbocycles. The van der Waals surface area contributed by atoms with E-state index in [-0.39, 0.29) is 4.88 Å². The van der Waals surface area contributed by atoms with Crippen LogP contribution in [0.5, 0.6) is 0 Å². The Labute approximate surface area is 125 Å². The van der Waals surface area contributed by atoms with Crippen molar-refractivity contribution in [3.8, 4) is 0 Å². The number of hydrogen-bond donors (Lipinski definition) is 3. The third-order valence-electron chi connectivity index (χ3n) is 2.22. The molecule has 0 fully saturated rings. The normalized spacial score (nSPS) is 14.4. The maximum atomic E-state index is 11.5. The van der Waals surface area contributed by atoms with Gasteiger partial charge >= 0.3 is 12.1 Å². The van der Waals surface area contributed by atoms with Gasteiger partial charge in [0.2, 0.25) is 5.60 Å². The van der Waals surface area contributed by atoms with Crippen LogP contribution in [0.25, 0.3) is 0 Å². The number of amides is 1. The van der Waals surface area contributed by atoms with Crippen LogP contribution in [0, 0.1) is 0 Å². The van der Waals surface area contributed by atoms with E-state index >= 15 is 0 Å². The number of thiophene rings is 1. The third-order valence-corrected chi connectivity index (χ3v) is 3.60. The predicted octanol–water partition coefficient (Wildman–Crippen LogP) is 2.20. The van der Waals surface area contributed by atoms with E-state index in [2.05, 4.69) is 5.32 Å². The molecule has 1 atom stereocenters. The molecule has 8 heteroatoms. The molecular weight excluding hydrogens is 306 g/mol. The highest BCUT2D eigenvalue weighted by Crippen LogP contribution is 2.31. The van der Waals surface area contributed by atoms with E-state index in [0.717, 1.165) is 11.3 Å². The van der Waals surface area contributed by atoms with Crippen molar-refractivity contribution in [2.45, 2.75) is 32.0 Å². The van der Waals surface area contributed by atoms with Crippen LogP contribution in [0.15, 0.2) is 12.1 Å². The van der Waals surface area contributed by atoms with Gasteiger partial charge in [0.15, 0.2) is 0 Å². The van der Waals surface area contributed by atoms with E-state index < -0.39 is 29.8 Å². The molecule has 0 aromatic carbocycles. The number of carbonyl (C=O) groups excluding carboxylic acids is 1. The highest BCUT2D eigenvalue weighted by Gasteiger charge is 2.40. The molecule has 1 rings (SSSR count). The van der Waals surface area contributed by atoms with Gasteiger partial charge in [-0.15, -0.1) is 11.3 Å². The van der Waals surface area contributed by atoms with Crippen molar-refractivity contribution < 1.29 is 24.5 Å². The molecule has 1 amide bonds. The first-order valence-electron chi connectivity index (χ1n) is 5.73. The van der Waals surface area contributed by atoms with Gasteiger partial charge in [-0.3, -0.25) is 0 Å². The van der Waals surface area contributed by atoms with E-state index in [0.29, 0.717) is 4.34 Å².